The van der Waals surface area contributed by atoms with E-state index >= 15 is 0 Å². The van der Waals surface area contributed by atoms with Gasteiger partial charge in [-0.3, -0.25) is 9.59 Å². The van der Waals surface area contributed by atoms with E-state index in [-0.39, 0.29) is 17.4 Å². The van der Waals surface area contributed by atoms with Gasteiger partial charge in [0, 0.05) is 16.1 Å². The number of ether oxygens (including phenoxy) is 1. The molecule has 4 aliphatic carbocycles. The molecule has 0 saturated heterocycles. The Balaban J connectivity index is 1.20. The fraction of sp³-hybridized carbons (Fsp3) is 0.462. The number of anilines is 1. The molecule has 6 heteroatoms. The lowest BCUT2D eigenvalue weighted by Crippen LogP contribution is -2.60. The van der Waals surface area contributed by atoms with Crippen molar-refractivity contribution in [2.75, 3.05) is 18.2 Å². The van der Waals surface area contributed by atoms with E-state index in [1.54, 1.807) is 13.2 Å². The largest absolute Gasteiger partial charge is 0.497 e. The zero-order valence-electron chi connectivity index (χ0n) is 18.4. The lowest BCUT2D eigenvalue weighted by molar-refractivity contribution is -0.124. The minimum atomic E-state index is -0.181. The Hall–Kier alpha value is -2.47. The summed E-state index contributed by atoms with van der Waals surface area (Å²) in [4.78, 5) is 26.6. The number of rotatable bonds is 7. The number of carbonyl (C=O) groups excluding carboxylic acids is 2. The van der Waals surface area contributed by atoms with Gasteiger partial charge in [-0.05, 0) is 92.7 Å². The fourth-order valence-corrected chi connectivity index (χ4v) is 7.24. The highest BCUT2D eigenvalue weighted by atomic mass is 32.2. The van der Waals surface area contributed by atoms with Gasteiger partial charge in [-0.15, -0.1) is 11.8 Å². The minimum Gasteiger partial charge on any atom is -0.497 e. The van der Waals surface area contributed by atoms with E-state index in [0.717, 1.165) is 47.7 Å². The quantitative estimate of drug-likeness (QED) is 0.574. The second kappa shape index (κ2) is 8.81. The van der Waals surface area contributed by atoms with Crippen LogP contribution in [0.3, 0.4) is 0 Å². The molecule has 2 aromatic rings. The fourth-order valence-electron chi connectivity index (χ4n) is 6.39. The molecule has 0 radical (unpaired) electrons. The predicted octanol–water partition coefficient (Wildman–Crippen LogP) is 5.12. The third kappa shape index (κ3) is 4.51. The highest BCUT2D eigenvalue weighted by Gasteiger charge is 2.51. The Morgan fingerprint density at radius 1 is 0.969 bits per heavy atom. The summed E-state index contributed by atoms with van der Waals surface area (Å²) in [6.45, 7) is 0. The summed E-state index contributed by atoms with van der Waals surface area (Å²) in [7, 11) is 1.61. The third-order valence-electron chi connectivity index (χ3n) is 7.28. The van der Waals surface area contributed by atoms with Crippen LogP contribution in [0.2, 0.25) is 0 Å². The van der Waals surface area contributed by atoms with Gasteiger partial charge in [-0.25, -0.2) is 0 Å². The van der Waals surface area contributed by atoms with Gasteiger partial charge in [0.25, 0.3) is 5.91 Å². The molecule has 4 bridgehead atoms. The Kier molecular flexibility index (Phi) is 5.89. The molecular formula is C26H30N2O3S. The summed E-state index contributed by atoms with van der Waals surface area (Å²) >= 11 is 1.44. The summed E-state index contributed by atoms with van der Waals surface area (Å²) in [5.74, 6) is 3.38. The van der Waals surface area contributed by atoms with Crippen molar-refractivity contribution < 1.29 is 14.3 Å². The molecule has 168 valence electrons. The van der Waals surface area contributed by atoms with Crippen LogP contribution in [-0.2, 0) is 4.79 Å². The average molecular weight is 451 g/mol. The maximum absolute atomic E-state index is 12.9. The van der Waals surface area contributed by atoms with E-state index in [2.05, 4.69) is 10.6 Å². The van der Waals surface area contributed by atoms with Crippen LogP contribution in [-0.4, -0.2) is 30.2 Å². The Labute approximate surface area is 193 Å². The smallest absolute Gasteiger partial charge is 0.256 e. The first-order chi connectivity index (χ1) is 15.5. The van der Waals surface area contributed by atoms with E-state index < -0.39 is 0 Å². The van der Waals surface area contributed by atoms with E-state index in [0.29, 0.717) is 17.0 Å². The van der Waals surface area contributed by atoms with Crippen LogP contribution in [0.15, 0.2) is 53.4 Å². The summed E-state index contributed by atoms with van der Waals surface area (Å²) < 4.78 is 5.17. The molecule has 0 aromatic heterocycles. The summed E-state index contributed by atoms with van der Waals surface area (Å²) in [5.41, 5.74) is 1.31. The van der Waals surface area contributed by atoms with Crippen LogP contribution in [0.5, 0.6) is 5.75 Å². The Morgan fingerprint density at radius 2 is 1.59 bits per heavy atom. The first kappa shape index (κ1) is 21.4. The zero-order valence-corrected chi connectivity index (χ0v) is 19.3. The van der Waals surface area contributed by atoms with E-state index in [4.69, 9.17) is 4.74 Å². The van der Waals surface area contributed by atoms with Crippen molar-refractivity contribution in [3.05, 3.63) is 54.1 Å². The van der Waals surface area contributed by atoms with Gasteiger partial charge >= 0.3 is 0 Å². The molecule has 5 nitrogen and oxygen atoms in total. The third-order valence-corrected chi connectivity index (χ3v) is 8.35. The predicted molar refractivity (Wildman–Crippen MR) is 127 cm³/mol. The molecule has 2 amide bonds. The van der Waals surface area contributed by atoms with Crippen LogP contribution in [0, 0.1) is 17.8 Å². The van der Waals surface area contributed by atoms with Gasteiger partial charge in [0.1, 0.15) is 5.75 Å². The van der Waals surface area contributed by atoms with Gasteiger partial charge in [0.05, 0.1) is 18.4 Å². The summed E-state index contributed by atoms with van der Waals surface area (Å²) in [5, 5.41) is 6.35. The first-order valence-electron chi connectivity index (χ1n) is 11.5. The monoisotopic (exact) mass is 450 g/mol. The van der Waals surface area contributed by atoms with Gasteiger partial charge in [0.15, 0.2) is 0 Å². The number of thioether (sulfide) groups is 1. The van der Waals surface area contributed by atoms with Gasteiger partial charge in [-0.1, -0.05) is 12.1 Å². The number of benzene rings is 2. The maximum atomic E-state index is 12.9. The van der Waals surface area contributed by atoms with Crippen LogP contribution in [0.25, 0.3) is 0 Å². The van der Waals surface area contributed by atoms with Crippen molar-refractivity contribution in [2.24, 2.45) is 17.8 Å². The molecule has 0 atom stereocenters. The molecule has 2 N–H and O–H groups in total. The van der Waals surface area contributed by atoms with Crippen molar-refractivity contribution in [1.82, 2.24) is 5.32 Å². The number of methoxy groups -OCH3 is 1. The van der Waals surface area contributed by atoms with Crippen molar-refractivity contribution in [2.45, 2.75) is 49.0 Å². The molecular weight excluding hydrogens is 420 g/mol. The van der Waals surface area contributed by atoms with Crippen LogP contribution in [0.1, 0.15) is 48.9 Å². The average Bonchev–Trinajstić information content (AvgIpc) is 2.77. The van der Waals surface area contributed by atoms with E-state index in [1.807, 2.05) is 42.5 Å². The van der Waals surface area contributed by atoms with Gasteiger partial charge in [-0.2, -0.15) is 0 Å². The van der Waals surface area contributed by atoms with Crippen LogP contribution < -0.4 is 15.4 Å². The molecule has 6 rings (SSSR count). The van der Waals surface area contributed by atoms with E-state index in [1.165, 1.54) is 31.0 Å². The molecule has 0 spiro atoms. The standard InChI is InChI=1S/C26H30N2O3S/c1-31-21-8-6-20(7-9-21)27-25(30)22-4-2-3-5-23(22)32-16-24(29)28-26-13-17-10-18(14-26)12-19(11-17)15-26/h2-9,17-19H,10-16H2,1H3,(H,27,30)(H,28,29). The lowest BCUT2D eigenvalue weighted by atomic mass is 9.53. The highest BCUT2D eigenvalue weighted by Crippen LogP contribution is 2.55. The molecule has 0 unspecified atom stereocenters. The Morgan fingerprint density at radius 3 is 2.22 bits per heavy atom. The number of amides is 2. The summed E-state index contributed by atoms with van der Waals surface area (Å²) in [6.07, 6.45) is 7.53. The molecule has 4 fully saturated rings. The minimum absolute atomic E-state index is 0.0254. The molecule has 0 aliphatic heterocycles. The van der Waals surface area contributed by atoms with Crippen molar-refractivity contribution in [3.8, 4) is 5.75 Å². The van der Waals surface area contributed by atoms with Gasteiger partial charge in [0.2, 0.25) is 5.91 Å². The maximum Gasteiger partial charge on any atom is 0.256 e. The molecule has 4 aliphatic rings. The first-order valence-corrected chi connectivity index (χ1v) is 12.5. The van der Waals surface area contributed by atoms with Crippen LogP contribution in [0.4, 0.5) is 5.69 Å². The highest BCUT2D eigenvalue weighted by molar-refractivity contribution is 8.00. The van der Waals surface area contributed by atoms with E-state index in [9.17, 15) is 9.59 Å². The number of hydrogen-bond donors (Lipinski definition) is 2. The zero-order chi connectivity index (χ0) is 22.1. The Bertz CT molecular complexity index is 969. The molecule has 2 aromatic carbocycles. The second-order valence-corrected chi connectivity index (χ2v) is 10.7. The molecule has 32 heavy (non-hydrogen) atoms. The topological polar surface area (TPSA) is 67.4 Å². The molecule has 0 heterocycles. The SMILES string of the molecule is COc1ccc(NC(=O)c2ccccc2SCC(=O)NC23CC4CC(CC(C4)C2)C3)cc1. The van der Waals surface area contributed by atoms with Crippen molar-refractivity contribution in [1.29, 1.82) is 0 Å². The van der Waals surface area contributed by atoms with Crippen molar-refractivity contribution in [3.63, 3.8) is 0 Å². The number of hydrogen-bond acceptors (Lipinski definition) is 4. The molecule has 4 saturated carbocycles. The van der Waals surface area contributed by atoms with Crippen LogP contribution >= 0.6 is 11.8 Å². The lowest BCUT2D eigenvalue weighted by Gasteiger charge is -2.56. The normalized spacial score (nSPS) is 27.7. The number of carbonyl (C=O) groups is 2. The number of nitrogens with one attached hydrogen (secondary N) is 2. The van der Waals surface area contributed by atoms with Crippen molar-refractivity contribution >= 4 is 29.3 Å². The second-order valence-electron chi connectivity index (χ2n) is 9.71. The summed E-state index contributed by atoms with van der Waals surface area (Å²) in [6, 6.07) is 14.7. The van der Waals surface area contributed by atoms with Gasteiger partial charge < -0.3 is 15.4 Å².